The van der Waals surface area contributed by atoms with Gasteiger partial charge in [0.05, 0.1) is 19.3 Å². The minimum atomic E-state index is -0.649. The van der Waals surface area contributed by atoms with Crippen molar-refractivity contribution in [3.05, 3.63) is 29.8 Å². The Hall–Kier alpha value is -1.06. The third-order valence-corrected chi connectivity index (χ3v) is 6.47. The molecule has 0 heterocycles. The highest BCUT2D eigenvalue weighted by Crippen LogP contribution is 2.68. The smallest absolute Gasteiger partial charge is 0.118 e. The first kappa shape index (κ1) is 14.9. The Bertz CT molecular complexity index is 522. The van der Waals surface area contributed by atoms with Crippen LogP contribution in [0.4, 0.5) is 0 Å². The van der Waals surface area contributed by atoms with Crippen molar-refractivity contribution in [1.29, 1.82) is 0 Å². The van der Waals surface area contributed by atoms with E-state index in [1.807, 2.05) is 31.2 Å². The first-order valence-electron chi connectivity index (χ1n) is 7.82. The summed E-state index contributed by atoms with van der Waals surface area (Å²) in [5.74, 6) is 1.73. The molecule has 3 aliphatic carbocycles. The summed E-state index contributed by atoms with van der Waals surface area (Å²) in [5, 5.41) is 21.6. The largest absolute Gasteiger partial charge is 0.497 e. The van der Waals surface area contributed by atoms with Crippen molar-refractivity contribution in [1.82, 2.24) is 0 Å². The molecule has 2 N–H and O–H groups in total. The van der Waals surface area contributed by atoms with Crippen LogP contribution in [-0.4, -0.2) is 23.4 Å². The Morgan fingerprint density at radius 3 is 2.29 bits per heavy atom. The summed E-state index contributed by atoms with van der Waals surface area (Å²) in [6.07, 6.45) is 0.830. The first-order chi connectivity index (χ1) is 9.81. The first-order valence-corrected chi connectivity index (χ1v) is 7.82. The van der Waals surface area contributed by atoms with Gasteiger partial charge in [0.15, 0.2) is 0 Å². The molecule has 0 aliphatic heterocycles. The Morgan fingerprint density at radius 2 is 1.76 bits per heavy atom. The SMILES string of the molecule is COc1ccc([C@@H](O)[C@]2(C)[C@H](O)C[C@@H]3C[C@H]2C3(C)C)cc1. The molecular weight excluding hydrogens is 264 g/mol. The zero-order chi connectivity index (χ0) is 15.4. The summed E-state index contributed by atoms with van der Waals surface area (Å²) < 4.78 is 5.17. The molecule has 3 saturated carbocycles. The van der Waals surface area contributed by atoms with Crippen LogP contribution in [0.2, 0.25) is 0 Å². The number of aliphatic hydroxyl groups excluding tert-OH is 2. The standard InChI is InChI=1S/C18H26O3/c1-17(2)12-9-14(17)18(3,15(19)10-12)16(20)11-5-7-13(21-4)8-6-11/h5-8,12,14-16,19-20H,9-10H2,1-4H3/t12-,14-,15+,16+,18-/m0/s1. The van der Waals surface area contributed by atoms with Crippen molar-refractivity contribution < 1.29 is 14.9 Å². The van der Waals surface area contributed by atoms with E-state index in [1.54, 1.807) is 7.11 Å². The monoisotopic (exact) mass is 290 g/mol. The molecule has 1 aromatic rings. The molecule has 3 aliphatic rings. The van der Waals surface area contributed by atoms with E-state index in [9.17, 15) is 10.2 Å². The van der Waals surface area contributed by atoms with Gasteiger partial charge in [-0.1, -0.05) is 32.9 Å². The molecule has 3 nitrogen and oxygen atoms in total. The second kappa shape index (κ2) is 4.72. The average Bonchev–Trinajstić information content (AvgIpc) is 2.48. The predicted octanol–water partition coefficient (Wildman–Crippen LogP) is 3.16. The van der Waals surface area contributed by atoms with Crippen molar-refractivity contribution in [2.75, 3.05) is 7.11 Å². The highest BCUT2D eigenvalue weighted by Gasteiger charge is 2.65. The lowest BCUT2D eigenvalue weighted by molar-refractivity contribution is -0.243. The lowest BCUT2D eigenvalue weighted by atomic mass is 9.39. The molecule has 116 valence electrons. The van der Waals surface area contributed by atoms with E-state index in [0.717, 1.165) is 24.2 Å². The van der Waals surface area contributed by atoms with E-state index in [0.29, 0.717) is 11.8 Å². The van der Waals surface area contributed by atoms with Crippen molar-refractivity contribution in [3.63, 3.8) is 0 Å². The lowest BCUT2D eigenvalue weighted by Crippen LogP contribution is -2.64. The van der Waals surface area contributed by atoms with Gasteiger partial charge in [-0.25, -0.2) is 0 Å². The number of fused-ring (bicyclic) bond motifs is 2. The molecule has 1 aromatic carbocycles. The Kier molecular flexibility index (Phi) is 3.34. The summed E-state index contributed by atoms with van der Waals surface area (Å²) in [6.45, 7) is 6.60. The third-order valence-electron chi connectivity index (χ3n) is 6.47. The molecule has 0 radical (unpaired) electrons. The lowest BCUT2D eigenvalue weighted by Gasteiger charge is -2.67. The van der Waals surface area contributed by atoms with Crippen LogP contribution in [-0.2, 0) is 0 Å². The highest BCUT2D eigenvalue weighted by atomic mass is 16.5. The maximum absolute atomic E-state index is 11.0. The molecule has 4 rings (SSSR count). The molecule has 0 amide bonds. The van der Waals surface area contributed by atoms with E-state index in [1.165, 1.54) is 0 Å². The second-order valence-corrected chi connectivity index (χ2v) is 7.60. The number of hydrogen-bond acceptors (Lipinski definition) is 3. The Labute approximate surface area is 127 Å². The van der Waals surface area contributed by atoms with Gasteiger partial charge in [-0.2, -0.15) is 0 Å². The van der Waals surface area contributed by atoms with Crippen LogP contribution in [0, 0.1) is 22.7 Å². The topological polar surface area (TPSA) is 49.7 Å². The highest BCUT2D eigenvalue weighted by molar-refractivity contribution is 5.30. The van der Waals surface area contributed by atoms with Crippen molar-refractivity contribution in [2.24, 2.45) is 22.7 Å². The number of rotatable bonds is 3. The number of methoxy groups -OCH3 is 1. The number of benzene rings is 1. The maximum atomic E-state index is 11.0. The van der Waals surface area contributed by atoms with Gasteiger partial charge >= 0.3 is 0 Å². The quantitative estimate of drug-likeness (QED) is 0.899. The molecule has 0 aromatic heterocycles. The molecule has 0 saturated heterocycles. The van der Waals surface area contributed by atoms with Crippen molar-refractivity contribution >= 4 is 0 Å². The Balaban J connectivity index is 1.92. The summed E-state index contributed by atoms with van der Waals surface area (Å²) in [5.41, 5.74) is 0.590. The molecule has 3 fully saturated rings. The normalized spacial score (nSPS) is 38.5. The van der Waals surface area contributed by atoms with E-state index in [-0.39, 0.29) is 5.41 Å². The van der Waals surface area contributed by atoms with Crippen LogP contribution in [0.5, 0.6) is 5.75 Å². The molecule has 0 unspecified atom stereocenters. The van der Waals surface area contributed by atoms with Gasteiger partial charge in [0, 0.05) is 5.41 Å². The van der Waals surface area contributed by atoms with Crippen molar-refractivity contribution in [2.45, 2.75) is 45.8 Å². The van der Waals surface area contributed by atoms with Crippen LogP contribution in [0.3, 0.4) is 0 Å². The van der Waals surface area contributed by atoms with E-state index >= 15 is 0 Å². The predicted molar refractivity (Wildman–Crippen MR) is 82.1 cm³/mol. The maximum Gasteiger partial charge on any atom is 0.118 e. The van der Waals surface area contributed by atoms with Gasteiger partial charge in [0.1, 0.15) is 5.75 Å². The molecule has 2 bridgehead atoms. The van der Waals surface area contributed by atoms with Gasteiger partial charge in [-0.3, -0.25) is 0 Å². The van der Waals surface area contributed by atoms with Crippen LogP contribution in [0.15, 0.2) is 24.3 Å². The van der Waals surface area contributed by atoms with E-state index in [4.69, 9.17) is 4.74 Å². The van der Waals surface area contributed by atoms with E-state index < -0.39 is 17.6 Å². The number of ether oxygens (including phenoxy) is 1. The fourth-order valence-electron chi connectivity index (χ4n) is 4.75. The molecular formula is C18H26O3. The fraction of sp³-hybridized carbons (Fsp3) is 0.667. The van der Waals surface area contributed by atoms with Crippen LogP contribution in [0.25, 0.3) is 0 Å². The van der Waals surface area contributed by atoms with E-state index in [2.05, 4.69) is 13.8 Å². The molecule has 0 spiro atoms. The minimum Gasteiger partial charge on any atom is -0.497 e. The van der Waals surface area contributed by atoms with Gasteiger partial charge in [-0.05, 0) is 47.8 Å². The molecule has 5 atom stereocenters. The molecule has 21 heavy (non-hydrogen) atoms. The minimum absolute atomic E-state index is 0.210. The zero-order valence-electron chi connectivity index (χ0n) is 13.3. The summed E-state index contributed by atoms with van der Waals surface area (Å²) >= 11 is 0. The van der Waals surface area contributed by atoms with Crippen LogP contribution >= 0.6 is 0 Å². The summed E-state index contributed by atoms with van der Waals surface area (Å²) in [7, 11) is 1.63. The van der Waals surface area contributed by atoms with Crippen LogP contribution in [0.1, 0.15) is 45.3 Å². The van der Waals surface area contributed by atoms with Crippen molar-refractivity contribution in [3.8, 4) is 5.75 Å². The van der Waals surface area contributed by atoms with Crippen LogP contribution < -0.4 is 4.74 Å². The number of hydrogen-bond donors (Lipinski definition) is 2. The van der Waals surface area contributed by atoms with Gasteiger partial charge in [0.25, 0.3) is 0 Å². The summed E-state index contributed by atoms with van der Waals surface area (Å²) in [4.78, 5) is 0. The molecule has 3 heteroatoms. The van der Waals surface area contributed by atoms with Gasteiger partial charge in [-0.15, -0.1) is 0 Å². The third kappa shape index (κ3) is 1.94. The fourth-order valence-corrected chi connectivity index (χ4v) is 4.75. The second-order valence-electron chi connectivity index (χ2n) is 7.60. The van der Waals surface area contributed by atoms with Gasteiger partial charge in [0.2, 0.25) is 0 Å². The number of aliphatic hydroxyl groups is 2. The average molecular weight is 290 g/mol. The zero-order valence-corrected chi connectivity index (χ0v) is 13.3. The van der Waals surface area contributed by atoms with Gasteiger partial charge < -0.3 is 14.9 Å². The summed E-state index contributed by atoms with van der Waals surface area (Å²) in [6, 6.07) is 7.54. The Morgan fingerprint density at radius 1 is 1.14 bits per heavy atom.